The van der Waals surface area contributed by atoms with Crippen molar-refractivity contribution in [1.82, 2.24) is 0 Å². The molecule has 0 bridgehead atoms. The summed E-state index contributed by atoms with van der Waals surface area (Å²) in [4.78, 5) is 0. The summed E-state index contributed by atoms with van der Waals surface area (Å²) in [5.74, 6) is 0.843. The Balaban J connectivity index is 1.67. The van der Waals surface area contributed by atoms with Crippen LogP contribution in [0.25, 0.3) is 0 Å². The molecule has 0 spiro atoms. The van der Waals surface area contributed by atoms with Gasteiger partial charge >= 0.3 is 0 Å². The molecule has 0 amide bonds. The maximum Gasteiger partial charge on any atom is 0.0223 e. The Hall–Kier alpha value is -0.490. The first-order chi connectivity index (χ1) is 10.3. The lowest BCUT2D eigenvalue weighted by molar-refractivity contribution is 0.151. The van der Waals surface area contributed by atoms with Crippen molar-refractivity contribution in [3.8, 4) is 0 Å². The molecule has 21 heavy (non-hydrogen) atoms. The Kier molecular flexibility index (Phi) is 7.64. The van der Waals surface area contributed by atoms with Gasteiger partial charge in [0.1, 0.15) is 0 Å². The fourth-order valence-corrected chi connectivity index (χ4v) is 4.15. The van der Waals surface area contributed by atoms with E-state index < -0.39 is 0 Å². The molecule has 118 valence electrons. The molecule has 1 heteroatoms. The SMILES string of the molecule is ClCCCC1(CCCCCc2ccccc2)CCCCC1. The minimum absolute atomic E-state index is 0.653. The standard InChI is InChI=1S/C20H31Cl/c21-18-10-17-20(15-8-3-9-16-20)14-7-2-6-13-19-11-4-1-5-12-19/h1,4-5,11-12H,2-3,6-10,13-18H2. The van der Waals surface area contributed by atoms with Crippen molar-refractivity contribution in [2.75, 3.05) is 5.88 Å². The zero-order valence-corrected chi connectivity index (χ0v) is 14.2. The van der Waals surface area contributed by atoms with Gasteiger partial charge < -0.3 is 0 Å². The van der Waals surface area contributed by atoms with Crippen molar-refractivity contribution < 1.29 is 0 Å². The van der Waals surface area contributed by atoms with Crippen molar-refractivity contribution in [3.05, 3.63) is 35.9 Å². The van der Waals surface area contributed by atoms with Crippen LogP contribution in [0.3, 0.4) is 0 Å². The van der Waals surface area contributed by atoms with Crippen LogP contribution in [-0.2, 0) is 6.42 Å². The monoisotopic (exact) mass is 306 g/mol. The van der Waals surface area contributed by atoms with Crippen molar-refractivity contribution in [3.63, 3.8) is 0 Å². The first-order valence-corrected chi connectivity index (χ1v) is 9.48. The van der Waals surface area contributed by atoms with E-state index in [0.717, 1.165) is 5.88 Å². The molecule has 0 nitrogen and oxygen atoms in total. The topological polar surface area (TPSA) is 0 Å². The van der Waals surface area contributed by atoms with Crippen LogP contribution in [0.1, 0.15) is 76.2 Å². The van der Waals surface area contributed by atoms with Crippen LogP contribution < -0.4 is 0 Å². The van der Waals surface area contributed by atoms with Crippen LogP contribution in [0.4, 0.5) is 0 Å². The van der Waals surface area contributed by atoms with Gasteiger partial charge in [0.15, 0.2) is 0 Å². The smallest absolute Gasteiger partial charge is 0.0223 e. The lowest BCUT2D eigenvalue weighted by atomic mass is 9.68. The van der Waals surface area contributed by atoms with Gasteiger partial charge in [0, 0.05) is 5.88 Å². The molecule has 1 aromatic carbocycles. The van der Waals surface area contributed by atoms with Crippen LogP contribution in [-0.4, -0.2) is 5.88 Å². The number of rotatable bonds is 9. The predicted molar refractivity (Wildman–Crippen MR) is 94.1 cm³/mol. The molecular weight excluding hydrogens is 276 g/mol. The molecular formula is C20H31Cl. The highest BCUT2D eigenvalue weighted by molar-refractivity contribution is 6.17. The van der Waals surface area contributed by atoms with Gasteiger partial charge in [0.2, 0.25) is 0 Å². The van der Waals surface area contributed by atoms with Crippen molar-refractivity contribution >= 4 is 11.6 Å². The minimum Gasteiger partial charge on any atom is -0.127 e. The Morgan fingerprint density at radius 2 is 1.52 bits per heavy atom. The Labute approximate surface area is 136 Å². The van der Waals surface area contributed by atoms with E-state index in [2.05, 4.69) is 30.3 Å². The summed E-state index contributed by atoms with van der Waals surface area (Å²) in [7, 11) is 0. The Bertz CT molecular complexity index is 365. The highest BCUT2D eigenvalue weighted by Gasteiger charge is 2.30. The quantitative estimate of drug-likeness (QED) is 0.349. The molecule has 0 unspecified atom stereocenters. The van der Waals surface area contributed by atoms with Crippen LogP contribution >= 0.6 is 11.6 Å². The average Bonchev–Trinajstić information content (AvgIpc) is 2.55. The van der Waals surface area contributed by atoms with Crippen LogP contribution in [0.15, 0.2) is 30.3 Å². The van der Waals surface area contributed by atoms with Gasteiger partial charge in [-0.2, -0.15) is 0 Å². The first-order valence-electron chi connectivity index (χ1n) is 8.95. The number of unbranched alkanes of at least 4 members (excludes halogenated alkanes) is 2. The molecule has 0 heterocycles. The molecule has 1 fully saturated rings. The van der Waals surface area contributed by atoms with E-state index in [0.29, 0.717) is 5.41 Å². The summed E-state index contributed by atoms with van der Waals surface area (Å²) in [6.45, 7) is 0. The third-order valence-electron chi connectivity index (χ3n) is 5.27. The molecule has 0 N–H and O–H groups in total. The molecule has 0 aliphatic heterocycles. The second-order valence-corrected chi connectivity index (χ2v) is 7.28. The third-order valence-corrected chi connectivity index (χ3v) is 5.54. The van der Waals surface area contributed by atoms with Gasteiger partial charge in [0.05, 0.1) is 0 Å². The van der Waals surface area contributed by atoms with E-state index in [1.54, 1.807) is 0 Å². The van der Waals surface area contributed by atoms with Gasteiger partial charge in [-0.3, -0.25) is 0 Å². The second-order valence-electron chi connectivity index (χ2n) is 6.90. The van der Waals surface area contributed by atoms with Crippen molar-refractivity contribution in [2.45, 2.75) is 77.0 Å². The fourth-order valence-electron chi connectivity index (χ4n) is 4.02. The summed E-state index contributed by atoms with van der Waals surface area (Å²) in [5, 5.41) is 0. The molecule has 1 saturated carbocycles. The van der Waals surface area contributed by atoms with E-state index in [4.69, 9.17) is 11.6 Å². The fraction of sp³-hybridized carbons (Fsp3) is 0.700. The summed E-state index contributed by atoms with van der Waals surface area (Å²) >= 11 is 5.93. The maximum absolute atomic E-state index is 5.93. The van der Waals surface area contributed by atoms with E-state index in [-0.39, 0.29) is 0 Å². The lowest BCUT2D eigenvalue weighted by Crippen LogP contribution is -2.24. The van der Waals surface area contributed by atoms with E-state index >= 15 is 0 Å². The zero-order valence-electron chi connectivity index (χ0n) is 13.5. The van der Waals surface area contributed by atoms with Gasteiger partial charge in [-0.25, -0.2) is 0 Å². The second kappa shape index (κ2) is 9.51. The van der Waals surface area contributed by atoms with Gasteiger partial charge in [-0.15, -0.1) is 11.6 Å². The number of halogens is 1. The zero-order chi connectivity index (χ0) is 14.8. The lowest BCUT2D eigenvalue weighted by Gasteiger charge is -2.37. The normalized spacial score (nSPS) is 17.8. The maximum atomic E-state index is 5.93. The van der Waals surface area contributed by atoms with Gasteiger partial charge in [-0.05, 0) is 55.9 Å². The summed E-state index contributed by atoms with van der Waals surface area (Å²) in [5.41, 5.74) is 2.15. The van der Waals surface area contributed by atoms with E-state index in [9.17, 15) is 0 Å². The van der Waals surface area contributed by atoms with Crippen molar-refractivity contribution in [1.29, 1.82) is 0 Å². The number of hydrogen-bond acceptors (Lipinski definition) is 0. The predicted octanol–water partition coefficient (Wildman–Crippen LogP) is 6.76. The van der Waals surface area contributed by atoms with Gasteiger partial charge in [-0.1, -0.05) is 62.4 Å². The molecule has 0 saturated heterocycles. The number of alkyl halides is 1. The minimum atomic E-state index is 0.653. The summed E-state index contributed by atoms with van der Waals surface area (Å²) in [6, 6.07) is 10.9. The van der Waals surface area contributed by atoms with Crippen molar-refractivity contribution in [2.24, 2.45) is 5.41 Å². The highest BCUT2D eigenvalue weighted by Crippen LogP contribution is 2.44. The molecule has 1 aromatic rings. The Morgan fingerprint density at radius 3 is 2.24 bits per heavy atom. The number of hydrogen-bond donors (Lipinski definition) is 0. The van der Waals surface area contributed by atoms with Crippen LogP contribution in [0, 0.1) is 5.41 Å². The first kappa shape index (κ1) is 16.9. The average molecular weight is 307 g/mol. The molecule has 2 rings (SSSR count). The number of aryl methyl sites for hydroxylation is 1. The van der Waals surface area contributed by atoms with Gasteiger partial charge in [0.25, 0.3) is 0 Å². The van der Waals surface area contributed by atoms with E-state index in [1.165, 1.54) is 82.6 Å². The molecule has 0 aromatic heterocycles. The third kappa shape index (κ3) is 6.02. The summed E-state index contributed by atoms with van der Waals surface area (Å²) in [6.07, 6.45) is 16.7. The number of benzene rings is 1. The summed E-state index contributed by atoms with van der Waals surface area (Å²) < 4.78 is 0. The largest absolute Gasteiger partial charge is 0.127 e. The molecule has 1 aliphatic rings. The highest BCUT2D eigenvalue weighted by atomic mass is 35.5. The van der Waals surface area contributed by atoms with Crippen LogP contribution in [0.5, 0.6) is 0 Å². The van der Waals surface area contributed by atoms with Crippen LogP contribution in [0.2, 0.25) is 0 Å². The Morgan fingerprint density at radius 1 is 0.810 bits per heavy atom. The van der Waals surface area contributed by atoms with E-state index in [1.807, 2.05) is 0 Å². The molecule has 1 aliphatic carbocycles. The molecule has 0 atom stereocenters. The molecule has 0 radical (unpaired) electrons.